The second-order valence-electron chi connectivity index (χ2n) is 9.21. The van der Waals surface area contributed by atoms with Gasteiger partial charge in [0.25, 0.3) is 5.91 Å². The number of hydrogen-bond acceptors (Lipinski definition) is 7. The maximum absolute atomic E-state index is 13.3. The van der Waals surface area contributed by atoms with Crippen LogP contribution in [-0.2, 0) is 11.3 Å². The Balaban J connectivity index is 1.51. The second kappa shape index (κ2) is 10.9. The van der Waals surface area contributed by atoms with Crippen LogP contribution in [0.25, 0.3) is 16.9 Å². The van der Waals surface area contributed by atoms with Gasteiger partial charge in [0.2, 0.25) is 5.91 Å². The molecule has 1 unspecified atom stereocenters. The van der Waals surface area contributed by atoms with Crippen molar-refractivity contribution in [3.8, 4) is 17.0 Å². The molecule has 0 saturated carbocycles. The van der Waals surface area contributed by atoms with Gasteiger partial charge in [-0.1, -0.05) is 11.6 Å². The van der Waals surface area contributed by atoms with E-state index in [0.29, 0.717) is 12.2 Å². The fraction of sp³-hybridized carbons (Fsp3) is 0.320. The summed E-state index contributed by atoms with van der Waals surface area (Å²) in [7, 11) is 2.00. The smallest absolute Gasteiger partial charge is 0.387 e. The molecule has 1 saturated heterocycles. The van der Waals surface area contributed by atoms with Crippen molar-refractivity contribution >= 4 is 34.7 Å². The third-order valence-corrected chi connectivity index (χ3v) is 6.63. The lowest BCUT2D eigenvalue weighted by Gasteiger charge is -2.38. The number of ether oxygens (including phenoxy) is 1. The van der Waals surface area contributed by atoms with Gasteiger partial charge in [0.1, 0.15) is 23.6 Å². The molecule has 14 heteroatoms. The van der Waals surface area contributed by atoms with Gasteiger partial charge in [0.05, 0.1) is 11.9 Å². The molecule has 3 aromatic heterocycles. The summed E-state index contributed by atoms with van der Waals surface area (Å²) in [6, 6.07) is 5.78. The summed E-state index contributed by atoms with van der Waals surface area (Å²) >= 11 is 6.18. The van der Waals surface area contributed by atoms with E-state index in [2.05, 4.69) is 25.4 Å². The van der Waals surface area contributed by atoms with Crippen LogP contribution < -0.4 is 10.1 Å². The molecule has 1 fully saturated rings. The Labute approximate surface area is 226 Å². The molecule has 0 bridgehead atoms. The molecule has 11 nitrogen and oxygen atoms in total. The van der Waals surface area contributed by atoms with Gasteiger partial charge in [0.15, 0.2) is 5.65 Å². The number of carbonyl (C=O) groups excluding carboxylic acids is 2. The lowest BCUT2D eigenvalue weighted by Crippen LogP contribution is -2.53. The van der Waals surface area contributed by atoms with E-state index in [0.717, 1.165) is 13.1 Å². The number of carbonyl (C=O) groups is 2. The number of hydrogen-bond donors (Lipinski definition) is 1. The normalized spacial score (nSPS) is 16.2. The SMILES string of the molecule is CC1CN(C)CCN1C(=O)Cn1cc(NC(=O)c2cnn3cccnc23)c(-c2cc(Cl)ccc2OC(F)F)n1. The fourth-order valence-corrected chi connectivity index (χ4v) is 4.77. The summed E-state index contributed by atoms with van der Waals surface area (Å²) < 4.78 is 33.9. The van der Waals surface area contributed by atoms with Crippen LogP contribution in [0, 0.1) is 0 Å². The molecule has 39 heavy (non-hydrogen) atoms. The van der Waals surface area contributed by atoms with E-state index in [4.69, 9.17) is 16.3 Å². The molecule has 2 amide bonds. The lowest BCUT2D eigenvalue weighted by atomic mass is 10.1. The van der Waals surface area contributed by atoms with E-state index in [-0.39, 0.29) is 51.8 Å². The number of rotatable bonds is 7. The van der Waals surface area contributed by atoms with Crippen molar-refractivity contribution in [3.05, 3.63) is 59.6 Å². The molecule has 4 heterocycles. The van der Waals surface area contributed by atoms with E-state index in [1.54, 1.807) is 17.2 Å². The van der Waals surface area contributed by atoms with Gasteiger partial charge < -0.3 is 19.9 Å². The predicted octanol–water partition coefficient (Wildman–Crippen LogP) is 3.26. The van der Waals surface area contributed by atoms with E-state index >= 15 is 0 Å². The minimum atomic E-state index is -3.10. The minimum absolute atomic E-state index is 0.00699. The zero-order chi connectivity index (χ0) is 27.7. The first-order chi connectivity index (χ1) is 18.7. The molecule has 1 aromatic carbocycles. The van der Waals surface area contributed by atoms with Gasteiger partial charge in [-0.15, -0.1) is 0 Å². The van der Waals surface area contributed by atoms with Gasteiger partial charge in [-0.2, -0.15) is 19.0 Å². The number of piperazine rings is 1. The van der Waals surface area contributed by atoms with Crippen LogP contribution >= 0.6 is 11.6 Å². The summed E-state index contributed by atoms with van der Waals surface area (Å²) in [5.41, 5.74) is 0.899. The maximum atomic E-state index is 13.3. The van der Waals surface area contributed by atoms with Crippen molar-refractivity contribution < 1.29 is 23.1 Å². The predicted molar refractivity (Wildman–Crippen MR) is 139 cm³/mol. The lowest BCUT2D eigenvalue weighted by molar-refractivity contribution is -0.136. The van der Waals surface area contributed by atoms with Gasteiger partial charge in [-0.3, -0.25) is 14.3 Å². The summed E-state index contributed by atoms with van der Waals surface area (Å²) in [6.07, 6.45) is 6.01. The van der Waals surface area contributed by atoms with Crippen LogP contribution in [0.2, 0.25) is 5.02 Å². The molecular formula is C25H25ClF2N8O3. The highest BCUT2D eigenvalue weighted by Gasteiger charge is 2.27. The van der Waals surface area contributed by atoms with Crippen LogP contribution in [0.5, 0.6) is 5.75 Å². The first-order valence-electron chi connectivity index (χ1n) is 12.1. The largest absolute Gasteiger partial charge is 0.434 e. The molecule has 1 atom stereocenters. The number of nitrogens with zero attached hydrogens (tertiary/aromatic N) is 7. The molecule has 1 aliphatic rings. The number of nitrogens with one attached hydrogen (secondary N) is 1. The Bertz CT molecular complexity index is 1520. The molecule has 0 aliphatic carbocycles. The second-order valence-corrected chi connectivity index (χ2v) is 9.64. The number of aromatic nitrogens is 5. The Kier molecular flexibility index (Phi) is 7.44. The Hall–Kier alpha value is -4.10. The molecule has 0 radical (unpaired) electrons. The van der Waals surface area contributed by atoms with Gasteiger partial charge >= 0.3 is 6.61 Å². The molecular weight excluding hydrogens is 534 g/mol. The molecule has 204 valence electrons. The van der Waals surface area contributed by atoms with Crippen molar-refractivity contribution in [3.63, 3.8) is 0 Å². The summed E-state index contributed by atoms with van der Waals surface area (Å²) in [6.45, 7) is 0.791. The summed E-state index contributed by atoms with van der Waals surface area (Å²) in [5, 5.41) is 11.6. The topological polar surface area (TPSA) is 110 Å². The third-order valence-electron chi connectivity index (χ3n) is 6.39. The minimum Gasteiger partial charge on any atom is -0.434 e. The Morgan fingerprint density at radius 3 is 2.87 bits per heavy atom. The first-order valence-corrected chi connectivity index (χ1v) is 12.5. The maximum Gasteiger partial charge on any atom is 0.387 e. The molecule has 4 aromatic rings. The van der Waals surface area contributed by atoms with Crippen molar-refractivity contribution in [2.45, 2.75) is 26.1 Å². The zero-order valence-corrected chi connectivity index (χ0v) is 21.8. The van der Waals surface area contributed by atoms with Crippen LogP contribution in [0.3, 0.4) is 0 Å². The number of likely N-dealkylation sites (N-methyl/N-ethyl adjacent to an activating group) is 1. The van der Waals surface area contributed by atoms with Crippen molar-refractivity contribution in [2.75, 3.05) is 32.0 Å². The summed E-state index contributed by atoms with van der Waals surface area (Å²) in [5.74, 6) is -0.904. The highest BCUT2D eigenvalue weighted by molar-refractivity contribution is 6.31. The zero-order valence-electron chi connectivity index (χ0n) is 21.1. The molecule has 5 rings (SSSR count). The third kappa shape index (κ3) is 5.68. The Morgan fingerprint density at radius 1 is 1.28 bits per heavy atom. The average molecular weight is 559 g/mol. The standard InChI is InChI=1S/C25H25ClF2N8O3/c1-15-12-33(2)8-9-35(15)21(37)14-34-13-19(31-24(38)18-11-30-36-7-3-6-29-23(18)36)22(32-34)17-10-16(26)4-5-20(17)39-25(27)28/h3-7,10-11,13,15,25H,8-9,12,14H2,1-2H3,(H,31,38). The number of anilines is 1. The summed E-state index contributed by atoms with van der Waals surface area (Å²) in [4.78, 5) is 34.5. The van der Waals surface area contributed by atoms with Crippen LogP contribution in [0.15, 0.2) is 49.1 Å². The number of alkyl halides is 2. The highest BCUT2D eigenvalue weighted by Crippen LogP contribution is 2.37. The highest BCUT2D eigenvalue weighted by atomic mass is 35.5. The van der Waals surface area contributed by atoms with Crippen molar-refractivity contribution in [2.24, 2.45) is 0 Å². The van der Waals surface area contributed by atoms with Crippen molar-refractivity contribution in [1.82, 2.24) is 34.2 Å². The number of halogens is 3. The average Bonchev–Trinajstić information content (AvgIpc) is 3.48. The number of benzene rings is 1. The van der Waals surface area contributed by atoms with Gasteiger partial charge in [-0.05, 0) is 38.2 Å². The van der Waals surface area contributed by atoms with Gasteiger partial charge in [0, 0.05) is 54.9 Å². The molecule has 1 N–H and O–H groups in total. The molecule has 0 spiro atoms. The van der Waals surface area contributed by atoms with Gasteiger partial charge in [-0.25, -0.2) is 9.50 Å². The quantitative estimate of drug-likeness (QED) is 0.371. The van der Waals surface area contributed by atoms with E-state index in [1.807, 2.05) is 14.0 Å². The van der Waals surface area contributed by atoms with Crippen LogP contribution in [-0.4, -0.2) is 85.3 Å². The van der Waals surface area contributed by atoms with Crippen molar-refractivity contribution in [1.29, 1.82) is 0 Å². The monoisotopic (exact) mass is 558 g/mol. The number of amides is 2. The van der Waals surface area contributed by atoms with E-state index in [9.17, 15) is 18.4 Å². The fourth-order valence-electron chi connectivity index (χ4n) is 4.60. The van der Waals surface area contributed by atoms with Crippen LogP contribution in [0.4, 0.5) is 14.5 Å². The molecule has 1 aliphatic heterocycles. The first kappa shape index (κ1) is 26.5. The Morgan fingerprint density at radius 2 is 2.10 bits per heavy atom. The van der Waals surface area contributed by atoms with Crippen LogP contribution in [0.1, 0.15) is 17.3 Å². The number of fused-ring (bicyclic) bond motifs is 1. The van der Waals surface area contributed by atoms with E-state index < -0.39 is 12.5 Å². The van der Waals surface area contributed by atoms with E-state index in [1.165, 1.54) is 46.0 Å².